The van der Waals surface area contributed by atoms with Crippen molar-refractivity contribution in [3.8, 4) is 11.5 Å². The van der Waals surface area contributed by atoms with Crippen molar-refractivity contribution in [3.63, 3.8) is 0 Å². The fourth-order valence-electron chi connectivity index (χ4n) is 2.05. The molecule has 1 heterocycles. The zero-order valence-corrected chi connectivity index (χ0v) is 11.8. The third-order valence-electron chi connectivity index (χ3n) is 3.24. The molecule has 0 aromatic heterocycles. The van der Waals surface area contributed by atoms with Crippen LogP contribution >= 0.6 is 11.6 Å². The molecule has 0 atom stereocenters. The molecular formula is C16H13ClO4. The van der Waals surface area contributed by atoms with Gasteiger partial charge in [-0.3, -0.25) is 4.79 Å². The molecule has 0 saturated heterocycles. The second-order valence-corrected chi connectivity index (χ2v) is 5.15. The fourth-order valence-corrected chi connectivity index (χ4v) is 2.34. The first-order valence-corrected chi connectivity index (χ1v) is 6.95. The largest absolute Gasteiger partial charge is 0.481 e. The Kier molecular flexibility index (Phi) is 3.71. The summed E-state index contributed by atoms with van der Waals surface area (Å²) in [6.45, 7) is 0. The lowest BCUT2D eigenvalue weighted by molar-refractivity contribution is -0.138. The monoisotopic (exact) mass is 304 g/mol. The molecule has 1 N–H and O–H groups in total. The fraction of sp³-hybridized carbons (Fsp3) is 0.188. The second-order valence-electron chi connectivity index (χ2n) is 4.74. The number of carbonyl (C=O) groups is 1. The number of para-hydroxylation sites is 2. The van der Waals surface area contributed by atoms with Gasteiger partial charge < -0.3 is 14.6 Å². The number of carboxylic acid groups (broad SMARTS) is 1. The van der Waals surface area contributed by atoms with Crippen LogP contribution in [0.1, 0.15) is 12.8 Å². The smallest absolute Gasteiger partial charge is 0.303 e. The first-order valence-electron chi connectivity index (χ1n) is 6.57. The highest BCUT2D eigenvalue weighted by molar-refractivity contribution is 6.31. The van der Waals surface area contributed by atoms with Gasteiger partial charge in [0.05, 0.1) is 6.42 Å². The van der Waals surface area contributed by atoms with Crippen LogP contribution in [-0.4, -0.2) is 17.4 Å². The first-order chi connectivity index (χ1) is 10.1. The van der Waals surface area contributed by atoms with E-state index in [1.54, 1.807) is 12.1 Å². The summed E-state index contributed by atoms with van der Waals surface area (Å²) in [5, 5.41) is 11.9. The summed E-state index contributed by atoms with van der Waals surface area (Å²) in [6.07, 6.45) is -0.0358. The molecule has 108 valence electrons. The van der Waals surface area contributed by atoms with Crippen molar-refractivity contribution in [1.82, 2.24) is 0 Å². The average molecular weight is 305 g/mol. The van der Waals surface area contributed by atoms with Gasteiger partial charge in [-0.1, -0.05) is 35.9 Å². The van der Waals surface area contributed by atoms with Gasteiger partial charge in [0.1, 0.15) is 0 Å². The number of carboxylic acids is 1. The number of hydrogen-bond acceptors (Lipinski definition) is 3. The number of ether oxygens (including phenoxy) is 2. The van der Waals surface area contributed by atoms with Crippen molar-refractivity contribution in [3.05, 3.63) is 57.9 Å². The van der Waals surface area contributed by atoms with Crippen molar-refractivity contribution < 1.29 is 19.4 Å². The SMILES string of the molecule is Clc1cc2ccc1=2.O=C(O)CCC1Oc2ccccc2O1. The zero-order chi connectivity index (χ0) is 14.8. The average Bonchev–Trinajstić information content (AvgIpc) is 2.85. The highest BCUT2D eigenvalue weighted by Gasteiger charge is 2.23. The molecule has 1 aromatic rings. The number of hydrogen-bond donors (Lipinski definition) is 1. The summed E-state index contributed by atoms with van der Waals surface area (Å²) in [6, 6.07) is 13.4. The molecule has 3 aliphatic rings. The van der Waals surface area contributed by atoms with Gasteiger partial charge in [0.25, 0.3) is 0 Å². The Morgan fingerprint density at radius 1 is 1.14 bits per heavy atom. The Labute approximate surface area is 126 Å². The number of aliphatic carboxylic acids is 1. The summed E-state index contributed by atoms with van der Waals surface area (Å²) in [4.78, 5) is 10.3. The predicted octanol–water partition coefficient (Wildman–Crippen LogP) is 3.59. The van der Waals surface area contributed by atoms with Crippen LogP contribution < -0.4 is 9.47 Å². The van der Waals surface area contributed by atoms with E-state index in [1.807, 2.05) is 24.3 Å². The predicted molar refractivity (Wildman–Crippen MR) is 77.5 cm³/mol. The summed E-state index contributed by atoms with van der Waals surface area (Å²) in [5.41, 5.74) is 0. The van der Waals surface area contributed by atoms with E-state index in [1.165, 1.54) is 10.4 Å². The molecule has 0 unspecified atom stereocenters. The quantitative estimate of drug-likeness (QED) is 0.803. The van der Waals surface area contributed by atoms with Gasteiger partial charge in [-0.2, -0.15) is 0 Å². The molecular weight excluding hydrogens is 292 g/mol. The summed E-state index contributed by atoms with van der Waals surface area (Å²) >= 11 is 5.60. The molecule has 0 saturated carbocycles. The molecule has 0 bridgehead atoms. The molecule has 1 aliphatic heterocycles. The van der Waals surface area contributed by atoms with E-state index in [2.05, 4.69) is 6.07 Å². The van der Waals surface area contributed by atoms with Gasteiger partial charge in [-0.15, -0.1) is 0 Å². The van der Waals surface area contributed by atoms with E-state index in [0.717, 1.165) is 5.02 Å². The van der Waals surface area contributed by atoms with Gasteiger partial charge >= 0.3 is 5.97 Å². The number of halogens is 1. The topological polar surface area (TPSA) is 55.8 Å². The molecule has 21 heavy (non-hydrogen) atoms. The van der Waals surface area contributed by atoms with E-state index < -0.39 is 12.3 Å². The van der Waals surface area contributed by atoms with Crippen LogP contribution in [-0.2, 0) is 4.79 Å². The van der Waals surface area contributed by atoms with Crippen LogP contribution in [0.3, 0.4) is 0 Å². The van der Waals surface area contributed by atoms with E-state index in [-0.39, 0.29) is 6.42 Å². The van der Waals surface area contributed by atoms with Crippen molar-refractivity contribution in [2.75, 3.05) is 0 Å². The lowest BCUT2D eigenvalue weighted by Crippen LogP contribution is -2.19. The minimum Gasteiger partial charge on any atom is -0.481 e. The van der Waals surface area contributed by atoms with E-state index in [9.17, 15) is 4.79 Å². The molecule has 5 heteroatoms. The third-order valence-corrected chi connectivity index (χ3v) is 3.55. The molecule has 0 spiro atoms. The summed E-state index contributed by atoms with van der Waals surface area (Å²) < 4.78 is 10.7. The van der Waals surface area contributed by atoms with Crippen molar-refractivity contribution in [2.24, 2.45) is 0 Å². The van der Waals surface area contributed by atoms with Crippen LogP contribution in [0.4, 0.5) is 0 Å². The lowest BCUT2D eigenvalue weighted by atomic mass is 10.1. The highest BCUT2D eigenvalue weighted by atomic mass is 35.5. The molecule has 0 fully saturated rings. The maximum atomic E-state index is 10.3. The van der Waals surface area contributed by atoms with Crippen LogP contribution in [0.5, 0.6) is 11.5 Å². The second kappa shape index (κ2) is 5.66. The van der Waals surface area contributed by atoms with Crippen molar-refractivity contribution in [2.45, 2.75) is 19.1 Å². The molecule has 4 rings (SSSR count). The van der Waals surface area contributed by atoms with E-state index in [4.69, 9.17) is 26.2 Å². The molecule has 4 nitrogen and oxygen atoms in total. The van der Waals surface area contributed by atoms with Crippen molar-refractivity contribution in [1.29, 1.82) is 0 Å². The molecule has 0 amide bonds. The molecule has 2 aliphatic carbocycles. The van der Waals surface area contributed by atoms with Crippen LogP contribution in [0.15, 0.2) is 42.5 Å². The van der Waals surface area contributed by atoms with Gasteiger partial charge in [0.2, 0.25) is 6.29 Å². The normalized spacial score (nSPS) is 13.4. The van der Waals surface area contributed by atoms with E-state index >= 15 is 0 Å². The minimum absolute atomic E-state index is 0.0542. The Balaban J connectivity index is 0.000000156. The number of rotatable bonds is 3. The lowest BCUT2D eigenvalue weighted by Gasteiger charge is -2.07. The Bertz CT molecular complexity index is 747. The summed E-state index contributed by atoms with van der Waals surface area (Å²) in [5.74, 6) is 0.527. The first kappa shape index (κ1) is 13.8. The highest BCUT2D eigenvalue weighted by Crippen LogP contribution is 2.34. The molecule has 1 aromatic carbocycles. The summed E-state index contributed by atoms with van der Waals surface area (Å²) in [7, 11) is 0. The Morgan fingerprint density at radius 2 is 1.81 bits per heavy atom. The zero-order valence-electron chi connectivity index (χ0n) is 11.1. The standard InChI is InChI=1S/C10H10O4.C6H3Cl/c11-9(12)5-6-10-13-7-3-1-2-4-8(7)14-10;7-6-3-4-1-2-5(4)6/h1-4,10H,5-6H2,(H,11,12);1-3H. The van der Waals surface area contributed by atoms with Gasteiger partial charge in [-0.25, -0.2) is 0 Å². The number of benzene rings is 2. The number of fused-ring (bicyclic) bond motifs is 1. The molecule has 0 radical (unpaired) electrons. The van der Waals surface area contributed by atoms with Gasteiger partial charge in [-0.05, 0) is 23.4 Å². The van der Waals surface area contributed by atoms with Crippen LogP contribution in [0.2, 0.25) is 5.02 Å². The Morgan fingerprint density at radius 3 is 2.14 bits per heavy atom. The van der Waals surface area contributed by atoms with Crippen LogP contribution in [0, 0.1) is 10.4 Å². The van der Waals surface area contributed by atoms with Crippen molar-refractivity contribution >= 4 is 17.6 Å². The minimum atomic E-state index is -0.840. The Hall–Kier alpha value is -2.20. The maximum absolute atomic E-state index is 10.3. The van der Waals surface area contributed by atoms with Crippen LogP contribution in [0.25, 0.3) is 0 Å². The van der Waals surface area contributed by atoms with E-state index in [0.29, 0.717) is 17.9 Å². The maximum Gasteiger partial charge on any atom is 0.303 e. The third kappa shape index (κ3) is 2.95. The van der Waals surface area contributed by atoms with Gasteiger partial charge in [0, 0.05) is 16.7 Å². The van der Waals surface area contributed by atoms with Gasteiger partial charge in [0.15, 0.2) is 11.5 Å².